The molecule has 19 heavy (non-hydrogen) atoms. The molecule has 1 unspecified atom stereocenters. The van der Waals surface area contributed by atoms with Crippen LogP contribution in [0.5, 0.6) is 0 Å². The lowest BCUT2D eigenvalue weighted by molar-refractivity contribution is -0.126. The zero-order valence-electron chi connectivity index (χ0n) is 12.0. The SMILES string of the molecule is C/C(=C\C1CC(=O)CCO1)[Si](C)(C)c1ccccc1. The lowest BCUT2D eigenvalue weighted by atomic mass is 10.1. The van der Waals surface area contributed by atoms with Gasteiger partial charge >= 0.3 is 0 Å². The number of allylic oxidation sites excluding steroid dienone is 1. The smallest absolute Gasteiger partial charge is 0.138 e. The van der Waals surface area contributed by atoms with Gasteiger partial charge in [0.05, 0.1) is 12.7 Å². The standard InChI is InChI=1S/C16H22O2Si/c1-13(11-15-12-14(17)9-10-18-15)19(2,3)16-7-5-4-6-8-16/h4-8,11,15H,9-10,12H2,1-3H3/b13-11+. The summed E-state index contributed by atoms with van der Waals surface area (Å²) < 4.78 is 5.68. The molecule has 1 atom stereocenters. The van der Waals surface area contributed by atoms with E-state index in [1.807, 2.05) is 0 Å². The summed E-state index contributed by atoms with van der Waals surface area (Å²) >= 11 is 0. The molecule has 0 spiro atoms. The first-order chi connectivity index (χ1) is 9.00. The van der Waals surface area contributed by atoms with Crippen molar-refractivity contribution in [1.29, 1.82) is 0 Å². The molecular weight excluding hydrogens is 252 g/mol. The van der Waals surface area contributed by atoms with Crippen LogP contribution in [-0.2, 0) is 9.53 Å². The fourth-order valence-electron chi connectivity index (χ4n) is 2.39. The van der Waals surface area contributed by atoms with Crippen molar-refractivity contribution in [3.05, 3.63) is 41.6 Å². The molecule has 102 valence electrons. The highest BCUT2D eigenvalue weighted by Crippen LogP contribution is 2.19. The summed E-state index contributed by atoms with van der Waals surface area (Å²) in [4.78, 5) is 11.5. The van der Waals surface area contributed by atoms with Crippen molar-refractivity contribution in [3.63, 3.8) is 0 Å². The van der Waals surface area contributed by atoms with Crippen molar-refractivity contribution in [2.75, 3.05) is 6.61 Å². The molecule has 1 aliphatic rings. The van der Waals surface area contributed by atoms with E-state index in [1.165, 1.54) is 10.4 Å². The van der Waals surface area contributed by atoms with Gasteiger partial charge in [-0.05, 0) is 6.92 Å². The number of rotatable bonds is 3. The molecule has 1 saturated heterocycles. The van der Waals surface area contributed by atoms with E-state index in [0.717, 1.165) is 0 Å². The van der Waals surface area contributed by atoms with E-state index >= 15 is 0 Å². The molecule has 0 amide bonds. The summed E-state index contributed by atoms with van der Waals surface area (Å²) in [5.74, 6) is 0.319. The van der Waals surface area contributed by atoms with Crippen molar-refractivity contribution in [3.8, 4) is 0 Å². The first kappa shape index (κ1) is 14.2. The van der Waals surface area contributed by atoms with E-state index in [-0.39, 0.29) is 6.10 Å². The number of benzene rings is 1. The average Bonchev–Trinajstić information content (AvgIpc) is 2.39. The first-order valence-corrected chi connectivity index (χ1v) is 9.88. The second kappa shape index (κ2) is 5.84. The lowest BCUT2D eigenvalue weighted by Crippen LogP contribution is -2.43. The second-order valence-electron chi connectivity index (χ2n) is 5.74. The molecule has 1 fully saturated rings. The average molecular weight is 274 g/mol. The first-order valence-electron chi connectivity index (χ1n) is 6.88. The van der Waals surface area contributed by atoms with E-state index in [1.54, 1.807) is 0 Å². The number of ether oxygens (including phenoxy) is 1. The molecule has 3 heteroatoms. The predicted molar refractivity (Wildman–Crippen MR) is 81.3 cm³/mol. The van der Waals surface area contributed by atoms with Crippen LogP contribution in [0.15, 0.2) is 41.6 Å². The topological polar surface area (TPSA) is 26.3 Å². The monoisotopic (exact) mass is 274 g/mol. The third kappa shape index (κ3) is 3.42. The Morgan fingerprint density at radius 2 is 2.00 bits per heavy atom. The predicted octanol–water partition coefficient (Wildman–Crippen LogP) is 2.84. The van der Waals surface area contributed by atoms with Crippen LogP contribution in [-0.4, -0.2) is 26.6 Å². The Hall–Kier alpha value is -1.19. The van der Waals surface area contributed by atoms with Gasteiger partial charge in [-0.3, -0.25) is 4.79 Å². The van der Waals surface area contributed by atoms with E-state index in [0.29, 0.717) is 25.2 Å². The van der Waals surface area contributed by atoms with Gasteiger partial charge in [0, 0.05) is 12.8 Å². The van der Waals surface area contributed by atoms with Gasteiger partial charge in [0.2, 0.25) is 0 Å². The van der Waals surface area contributed by atoms with Crippen LogP contribution in [0.4, 0.5) is 0 Å². The summed E-state index contributed by atoms with van der Waals surface area (Å²) in [7, 11) is -1.62. The Morgan fingerprint density at radius 3 is 2.63 bits per heavy atom. The van der Waals surface area contributed by atoms with Gasteiger partial charge in [0.25, 0.3) is 0 Å². The summed E-state index contributed by atoms with van der Waals surface area (Å²) in [6.45, 7) is 7.44. The maximum atomic E-state index is 11.5. The summed E-state index contributed by atoms with van der Waals surface area (Å²) in [5.41, 5.74) is 0. The third-order valence-corrected chi connectivity index (χ3v) is 7.97. The summed E-state index contributed by atoms with van der Waals surface area (Å²) in [6.07, 6.45) is 3.27. The van der Waals surface area contributed by atoms with Crippen LogP contribution < -0.4 is 5.19 Å². The summed E-state index contributed by atoms with van der Waals surface area (Å²) in [6, 6.07) is 10.7. The molecule has 2 nitrogen and oxygen atoms in total. The number of carbonyl (C=O) groups excluding carboxylic acids is 1. The Balaban J connectivity index is 2.17. The van der Waals surface area contributed by atoms with Gasteiger partial charge in [-0.25, -0.2) is 0 Å². The molecule has 2 rings (SSSR count). The fraction of sp³-hybridized carbons (Fsp3) is 0.438. The third-order valence-electron chi connectivity index (χ3n) is 4.06. The minimum atomic E-state index is -1.62. The number of ketones is 1. The van der Waals surface area contributed by atoms with Crippen molar-refractivity contribution in [2.45, 2.75) is 39.0 Å². The lowest BCUT2D eigenvalue weighted by Gasteiger charge is -2.27. The molecule has 0 saturated carbocycles. The van der Waals surface area contributed by atoms with Crippen LogP contribution >= 0.6 is 0 Å². The minimum Gasteiger partial charge on any atom is -0.373 e. The van der Waals surface area contributed by atoms with Crippen molar-refractivity contribution in [1.82, 2.24) is 0 Å². The van der Waals surface area contributed by atoms with Crippen molar-refractivity contribution >= 4 is 19.0 Å². The van der Waals surface area contributed by atoms with Crippen LogP contribution in [0, 0.1) is 0 Å². The zero-order chi connectivity index (χ0) is 13.9. The molecule has 0 radical (unpaired) electrons. The Labute approximate surface area is 116 Å². The number of hydrogen-bond donors (Lipinski definition) is 0. The molecule has 1 aromatic rings. The van der Waals surface area contributed by atoms with E-state index < -0.39 is 8.07 Å². The van der Waals surface area contributed by atoms with Gasteiger partial charge < -0.3 is 4.74 Å². The highest BCUT2D eigenvalue weighted by Gasteiger charge is 2.27. The minimum absolute atomic E-state index is 0.0169. The Morgan fingerprint density at radius 1 is 1.32 bits per heavy atom. The summed E-state index contributed by atoms with van der Waals surface area (Å²) in [5, 5.41) is 2.81. The van der Waals surface area contributed by atoms with Crippen LogP contribution in [0.25, 0.3) is 0 Å². The van der Waals surface area contributed by atoms with Crippen molar-refractivity contribution in [2.24, 2.45) is 0 Å². The molecule has 1 heterocycles. The second-order valence-corrected chi connectivity index (χ2v) is 10.4. The fourth-order valence-corrected chi connectivity index (χ4v) is 4.47. The van der Waals surface area contributed by atoms with E-state index in [9.17, 15) is 4.79 Å². The van der Waals surface area contributed by atoms with Gasteiger partial charge in [-0.2, -0.15) is 0 Å². The van der Waals surface area contributed by atoms with E-state index in [4.69, 9.17) is 4.74 Å². The Kier molecular flexibility index (Phi) is 4.37. The molecular formula is C16H22O2Si. The highest BCUT2D eigenvalue weighted by atomic mass is 28.3. The number of Topliss-reactive ketones (excluding diaryl/α,β-unsaturated/α-hetero) is 1. The van der Waals surface area contributed by atoms with Crippen LogP contribution in [0.3, 0.4) is 0 Å². The number of carbonyl (C=O) groups is 1. The van der Waals surface area contributed by atoms with Gasteiger partial charge in [0.15, 0.2) is 0 Å². The van der Waals surface area contributed by atoms with Crippen molar-refractivity contribution < 1.29 is 9.53 Å². The molecule has 0 aromatic heterocycles. The van der Waals surface area contributed by atoms with Crippen LogP contribution in [0.2, 0.25) is 13.1 Å². The maximum absolute atomic E-state index is 11.5. The maximum Gasteiger partial charge on any atom is 0.138 e. The van der Waals surface area contributed by atoms with E-state index in [2.05, 4.69) is 56.4 Å². The molecule has 1 aromatic carbocycles. The van der Waals surface area contributed by atoms with Gasteiger partial charge in [0.1, 0.15) is 13.9 Å². The molecule has 1 aliphatic heterocycles. The largest absolute Gasteiger partial charge is 0.373 e. The zero-order valence-corrected chi connectivity index (χ0v) is 13.0. The normalized spacial score (nSPS) is 21.5. The van der Waals surface area contributed by atoms with Crippen LogP contribution in [0.1, 0.15) is 19.8 Å². The van der Waals surface area contributed by atoms with Gasteiger partial charge in [-0.1, -0.05) is 59.9 Å². The molecule has 0 aliphatic carbocycles. The highest BCUT2D eigenvalue weighted by molar-refractivity contribution is 6.95. The molecule has 0 bridgehead atoms. The van der Waals surface area contributed by atoms with Gasteiger partial charge in [-0.15, -0.1) is 0 Å². The quantitative estimate of drug-likeness (QED) is 0.792. The molecule has 0 N–H and O–H groups in total. The number of hydrogen-bond acceptors (Lipinski definition) is 2. The Bertz CT molecular complexity index is 477.